The molecule has 0 atom stereocenters. The van der Waals surface area contributed by atoms with Crippen molar-refractivity contribution in [3.05, 3.63) is 76.5 Å². The van der Waals surface area contributed by atoms with E-state index in [2.05, 4.69) is 20.8 Å². The number of halogens is 1. The topological polar surface area (TPSA) is 43.9 Å². The van der Waals surface area contributed by atoms with Crippen LogP contribution in [0.25, 0.3) is 10.7 Å². The summed E-state index contributed by atoms with van der Waals surface area (Å²) in [4.78, 5) is 1.09. The molecule has 1 aromatic carbocycles. The highest BCUT2D eigenvalue weighted by atomic mass is 35.5. The monoisotopic (exact) mass is 387 g/mol. The lowest BCUT2D eigenvalue weighted by Gasteiger charge is -2.08. The van der Waals surface area contributed by atoms with Crippen molar-refractivity contribution < 1.29 is 4.42 Å². The lowest BCUT2D eigenvalue weighted by atomic mass is 10.2. The van der Waals surface area contributed by atoms with Gasteiger partial charge in [-0.15, -0.1) is 21.5 Å². The third-order valence-corrected chi connectivity index (χ3v) is 5.92. The first-order valence-corrected chi connectivity index (χ1v) is 9.91. The van der Waals surface area contributed by atoms with E-state index >= 15 is 0 Å². The Labute approximate surface area is 158 Å². The standard InChI is InChI=1S/C18H14ClN3OS2/c19-15-7-2-1-5-13(15)12-25-18-21-20-17(16-8-4-10-24-16)22(18)11-14-6-3-9-23-14/h1-10H,11-12H2. The number of benzene rings is 1. The highest BCUT2D eigenvalue weighted by molar-refractivity contribution is 7.98. The van der Waals surface area contributed by atoms with Gasteiger partial charge in [-0.3, -0.25) is 4.57 Å². The van der Waals surface area contributed by atoms with Crippen LogP contribution in [-0.4, -0.2) is 14.8 Å². The minimum absolute atomic E-state index is 0.595. The summed E-state index contributed by atoms with van der Waals surface area (Å²) in [7, 11) is 0. The molecule has 0 amide bonds. The van der Waals surface area contributed by atoms with Crippen molar-refractivity contribution in [2.45, 2.75) is 17.5 Å². The summed E-state index contributed by atoms with van der Waals surface area (Å²) in [6.45, 7) is 0.595. The number of rotatable bonds is 6. The summed E-state index contributed by atoms with van der Waals surface area (Å²) >= 11 is 9.53. The van der Waals surface area contributed by atoms with E-state index in [9.17, 15) is 0 Å². The van der Waals surface area contributed by atoms with Gasteiger partial charge in [-0.1, -0.05) is 47.6 Å². The number of aromatic nitrogens is 3. The molecule has 126 valence electrons. The van der Waals surface area contributed by atoms with Gasteiger partial charge in [-0.05, 0) is 35.2 Å². The fourth-order valence-electron chi connectivity index (χ4n) is 2.44. The van der Waals surface area contributed by atoms with Crippen molar-refractivity contribution in [1.29, 1.82) is 0 Å². The normalized spacial score (nSPS) is 11.1. The molecular weight excluding hydrogens is 374 g/mol. The van der Waals surface area contributed by atoms with Crippen molar-refractivity contribution in [3.63, 3.8) is 0 Å². The van der Waals surface area contributed by atoms with Crippen LogP contribution < -0.4 is 0 Å². The lowest BCUT2D eigenvalue weighted by Crippen LogP contribution is -2.03. The van der Waals surface area contributed by atoms with E-state index in [1.165, 1.54) is 0 Å². The largest absolute Gasteiger partial charge is 0.467 e. The van der Waals surface area contributed by atoms with Crippen LogP contribution in [0.1, 0.15) is 11.3 Å². The van der Waals surface area contributed by atoms with Gasteiger partial charge in [0.25, 0.3) is 0 Å². The number of hydrogen-bond acceptors (Lipinski definition) is 5. The van der Waals surface area contributed by atoms with Gasteiger partial charge in [0.05, 0.1) is 17.7 Å². The van der Waals surface area contributed by atoms with E-state index in [4.69, 9.17) is 16.0 Å². The number of hydrogen-bond donors (Lipinski definition) is 0. The molecule has 0 unspecified atom stereocenters. The van der Waals surface area contributed by atoms with Crippen LogP contribution in [0, 0.1) is 0 Å². The Kier molecular flexibility index (Phi) is 4.92. The maximum Gasteiger partial charge on any atom is 0.192 e. The Bertz CT molecular complexity index is 949. The maximum atomic E-state index is 6.26. The van der Waals surface area contributed by atoms with Gasteiger partial charge >= 0.3 is 0 Å². The van der Waals surface area contributed by atoms with Gasteiger partial charge in [0, 0.05) is 10.8 Å². The van der Waals surface area contributed by atoms with Gasteiger partial charge in [0.15, 0.2) is 11.0 Å². The first-order chi connectivity index (χ1) is 12.3. The Balaban J connectivity index is 1.64. The van der Waals surface area contributed by atoms with E-state index in [1.54, 1.807) is 29.4 Å². The van der Waals surface area contributed by atoms with Gasteiger partial charge in [0.1, 0.15) is 5.76 Å². The molecule has 4 rings (SSSR count). The van der Waals surface area contributed by atoms with Gasteiger partial charge in [-0.2, -0.15) is 0 Å². The molecule has 0 bridgehead atoms. The SMILES string of the molecule is Clc1ccccc1CSc1nnc(-c2cccs2)n1Cc1ccco1. The molecule has 7 heteroatoms. The van der Waals surface area contributed by atoms with E-state index in [0.717, 1.165) is 38.0 Å². The molecule has 25 heavy (non-hydrogen) atoms. The minimum Gasteiger partial charge on any atom is -0.467 e. The zero-order valence-corrected chi connectivity index (χ0v) is 15.5. The average Bonchev–Trinajstić information content (AvgIpc) is 3.37. The quantitative estimate of drug-likeness (QED) is 0.404. The average molecular weight is 388 g/mol. The highest BCUT2D eigenvalue weighted by Crippen LogP contribution is 2.31. The third-order valence-electron chi connectivity index (χ3n) is 3.67. The van der Waals surface area contributed by atoms with Crippen LogP contribution in [0.3, 0.4) is 0 Å². The van der Waals surface area contributed by atoms with Gasteiger partial charge in [-0.25, -0.2) is 0 Å². The minimum atomic E-state index is 0.595. The molecule has 4 nitrogen and oxygen atoms in total. The summed E-state index contributed by atoms with van der Waals surface area (Å²) in [5, 5.41) is 12.5. The molecule has 0 aliphatic rings. The summed E-state index contributed by atoms with van der Waals surface area (Å²) in [6, 6.07) is 15.8. The Morgan fingerprint density at radius 2 is 2.00 bits per heavy atom. The van der Waals surface area contributed by atoms with Crippen molar-refractivity contribution in [3.8, 4) is 10.7 Å². The predicted molar refractivity (Wildman–Crippen MR) is 102 cm³/mol. The van der Waals surface area contributed by atoms with E-state index in [0.29, 0.717) is 6.54 Å². The Morgan fingerprint density at radius 1 is 1.08 bits per heavy atom. The Morgan fingerprint density at radius 3 is 2.76 bits per heavy atom. The zero-order chi connectivity index (χ0) is 17.1. The summed E-state index contributed by atoms with van der Waals surface area (Å²) in [5.41, 5.74) is 1.08. The van der Waals surface area contributed by atoms with Crippen molar-refractivity contribution in [2.24, 2.45) is 0 Å². The molecule has 0 aliphatic heterocycles. The molecule has 0 spiro atoms. The van der Waals surface area contributed by atoms with Gasteiger partial charge < -0.3 is 4.42 Å². The molecule has 0 saturated carbocycles. The van der Waals surface area contributed by atoms with Crippen molar-refractivity contribution in [1.82, 2.24) is 14.8 Å². The second kappa shape index (κ2) is 7.47. The number of furan rings is 1. The fourth-order valence-corrected chi connectivity index (χ4v) is 4.38. The van der Waals surface area contributed by atoms with Crippen LogP contribution in [0.4, 0.5) is 0 Å². The molecule has 3 aromatic heterocycles. The molecular formula is C18H14ClN3OS2. The van der Waals surface area contributed by atoms with Crippen LogP contribution in [0.15, 0.2) is 69.7 Å². The van der Waals surface area contributed by atoms with Crippen LogP contribution in [0.2, 0.25) is 5.02 Å². The molecule has 3 heterocycles. The van der Waals surface area contributed by atoms with Crippen molar-refractivity contribution in [2.75, 3.05) is 0 Å². The summed E-state index contributed by atoms with van der Waals surface area (Å²) in [6.07, 6.45) is 1.68. The fraction of sp³-hybridized carbons (Fsp3) is 0.111. The van der Waals surface area contributed by atoms with E-state index in [-0.39, 0.29) is 0 Å². The number of thioether (sulfide) groups is 1. The predicted octanol–water partition coefficient (Wildman–Crippen LogP) is 5.59. The molecule has 4 aromatic rings. The van der Waals surface area contributed by atoms with Crippen LogP contribution in [0.5, 0.6) is 0 Å². The summed E-state index contributed by atoms with van der Waals surface area (Å²) < 4.78 is 7.60. The smallest absolute Gasteiger partial charge is 0.192 e. The number of nitrogens with zero attached hydrogens (tertiary/aromatic N) is 3. The first kappa shape index (κ1) is 16.4. The number of thiophene rings is 1. The zero-order valence-electron chi connectivity index (χ0n) is 13.1. The summed E-state index contributed by atoms with van der Waals surface area (Å²) in [5.74, 6) is 2.46. The maximum absolute atomic E-state index is 6.26. The van der Waals surface area contributed by atoms with Crippen molar-refractivity contribution >= 4 is 34.7 Å². The molecule has 0 saturated heterocycles. The third kappa shape index (κ3) is 3.66. The highest BCUT2D eigenvalue weighted by Gasteiger charge is 2.17. The molecule has 0 fully saturated rings. The molecule has 0 radical (unpaired) electrons. The van der Waals surface area contributed by atoms with Crippen LogP contribution >= 0.6 is 34.7 Å². The van der Waals surface area contributed by atoms with Crippen LogP contribution in [-0.2, 0) is 12.3 Å². The lowest BCUT2D eigenvalue weighted by molar-refractivity contribution is 0.485. The second-order valence-electron chi connectivity index (χ2n) is 5.33. The van der Waals surface area contributed by atoms with E-state index < -0.39 is 0 Å². The second-order valence-corrected chi connectivity index (χ2v) is 7.63. The first-order valence-electron chi connectivity index (χ1n) is 7.67. The molecule has 0 N–H and O–H groups in total. The van der Waals surface area contributed by atoms with E-state index in [1.807, 2.05) is 47.8 Å². The van der Waals surface area contributed by atoms with Gasteiger partial charge in [0.2, 0.25) is 0 Å². The Hall–Kier alpha value is -2.02. The molecule has 0 aliphatic carbocycles.